The number of nitrogens with zero attached hydrogens (tertiary/aromatic N) is 1. The summed E-state index contributed by atoms with van der Waals surface area (Å²) in [4.78, 5) is 14.7. The lowest BCUT2D eigenvalue weighted by molar-refractivity contribution is -0.118. The maximum absolute atomic E-state index is 10.8. The smallest absolute Gasteiger partial charge is 0.247 e. The number of guanidine groups is 2. The summed E-state index contributed by atoms with van der Waals surface area (Å²) in [6, 6.07) is 0. The number of unbranched alkanes of at least 4 members (excludes halogenated alkanes) is 1. The third-order valence-electron chi connectivity index (χ3n) is 2.14. The van der Waals surface area contributed by atoms with E-state index in [1.54, 1.807) is 7.05 Å². The summed E-state index contributed by atoms with van der Waals surface area (Å²) in [6.45, 7) is 2.76. The molecule has 0 fully saturated rings. The van der Waals surface area contributed by atoms with Crippen LogP contribution in [0.25, 0.3) is 0 Å². The number of nitrogens with two attached hydrogens (primary N) is 2. The van der Waals surface area contributed by atoms with Crippen molar-refractivity contribution in [2.24, 2.45) is 16.5 Å². The molecular formula is C11H28ClN6O3PS2. The molecule has 0 aliphatic carbocycles. The molecule has 144 valence electrons. The summed E-state index contributed by atoms with van der Waals surface area (Å²) < 4.78 is 9.94. The van der Waals surface area contributed by atoms with Crippen LogP contribution in [0.5, 0.6) is 0 Å². The number of amides is 1. The molecule has 0 radical (unpaired) electrons. The number of rotatable bonds is 8. The molecule has 0 unspecified atom stereocenters. The Kier molecular flexibility index (Phi) is 20.3. The molecule has 0 rings (SSSR count). The summed E-state index contributed by atoms with van der Waals surface area (Å²) in [5, 5.41) is 11.7. The lowest BCUT2D eigenvalue weighted by Crippen LogP contribution is -2.40. The SMILES string of the molecule is CCCCN=C(N)NC(=N)N.CNC(=O)CSP(=S)(OC)OC.Cl. The number of halogens is 1. The average Bonchev–Trinajstić information content (AvgIpc) is 2.52. The lowest BCUT2D eigenvalue weighted by atomic mass is 10.3. The molecule has 0 atom stereocenters. The number of nitrogens with one attached hydrogen (secondary N) is 3. The first-order valence-electron chi connectivity index (χ1n) is 6.72. The van der Waals surface area contributed by atoms with Gasteiger partial charge in [0.25, 0.3) is 0 Å². The summed E-state index contributed by atoms with van der Waals surface area (Å²) in [5.74, 6) is 0.229. The van der Waals surface area contributed by atoms with E-state index in [2.05, 4.69) is 22.5 Å². The highest BCUT2D eigenvalue weighted by atomic mass is 35.5. The molecule has 0 saturated carbocycles. The molecule has 0 spiro atoms. The van der Waals surface area contributed by atoms with Crippen molar-refractivity contribution in [1.29, 1.82) is 5.41 Å². The Morgan fingerprint density at radius 3 is 2.29 bits per heavy atom. The Labute approximate surface area is 158 Å². The minimum absolute atomic E-state index is 0. The second-order valence-corrected chi connectivity index (χ2v) is 10.4. The van der Waals surface area contributed by atoms with Crippen molar-refractivity contribution in [3.05, 3.63) is 0 Å². The van der Waals surface area contributed by atoms with E-state index >= 15 is 0 Å². The largest absolute Gasteiger partial charge is 0.370 e. The number of hydrogen-bond donors (Lipinski definition) is 5. The summed E-state index contributed by atoms with van der Waals surface area (Å²) >= 11 is 6.25. The minimum atomic E-state index is -2.26. The highest BCUT2D eigenvalue weighted by Crippen LogP contribution is 2.59. The zero-order chi connectivity index (χ0) is 18.3. The van der Waals surface area contributed by atoms with Gasteiger partial charge in [-0.3, -0.25) is 20.5 Å². The first-order valence-corrected chi connectivity index (χ1v) is 10.9. The normalized spacial score (nSPS) is 10.8. The van der Waals surface area contributed by atoms with Crippen LogP contribution in [-0.2, 0) is 25.6 Å². The molecule has 0 saturated heterocycles. The van der Waals surface area contributed by atoms with Crippen LogP contribution in [0.15, 0.2) is 4.99 Å². The van der Waals surface area contributed by atoms with E-state index in [4.69, 9.17) is 37.7 Å². The predicted molar refractivity (Wildman–Crippen MR) is 109 cm³/mol. The maximum Gasteiger partial charge on any atom is 0.247 e. The molecule has 7 N–H and O–H groups in total. The molecule has 0 bridgehead atoms. The van der Waals surface area contributed by atoms with Gasteiger partial charge in [0.2, 0.25) is 11.6 Å². The standard InChI is InChI=1S/C6H15N5.C5H12NO3PS2.ClH/c1-2-3-4-10-6(9)11-5(7)8;1-6-5(7)4-12-10(11,8-2)9-3;/h2-4H2,1H3,(H6,7,8,9,10,11);4H2,1-3H3,(H,6,7);1H. The monoisotopic (exact) mass is 422 g/mol. The molecule has 0 heterocycles. The molecule has 0 aliphatic rings. The Morgan fingerprint density at radius 1 is 1.38 bits per heavy atom. The molecule has 24 heavy (non-hydrogen) atoms. The number of carbonyl (C=O) groups is 1. The van der Waals surface area contributed by atoms with Crippen LogP contribution in [0.2, 0.25) is 0 Å². The van der Waals surface area contributed by atoms with Crippen LogP contribution >= 0.6 is 29.5 Å². The predicted octanol–water partition coefficient (Wildman–Crippen LogP) is 0.989. The zero-order valence-corrected chi connectivity index (χ0v) is 17.7. The fourth-order valence-electron chi connectivity index (χ4n) is 0.925. The van der Waals surface area contributed by atoms with Gasteiger partial charge in [0.05, 0.1) is 5.75 Å². The van der Waals surface area contributed by atoms with E-state index in [1.165, 1.54) is 25.6 Å². The van der Waals surface area contributed by atoms with Crippen LogP contribution in [0.1, 0.15) is 19.8 Å². The molecular weight excluding hydrogens is 395 g/mol. The van der Waals surface area contributed by atoms with Crippen molar-refractivity contribution >= 4 is 59.1 Å². The molecule has 0 aromatic carbocycles. The van der Waals surface area contributed by atoms with Crippen molar-refractivity contribution < 1.29 is 13.8 Å². The topological polar surface area (TPSA) is 148 Å². The van der Waals surface area contributed by atoms with E-state index in [9.17, 15) is 4.79 Å². The molecule has 1 amide bonds. The molecule has 9 nitrogen and oxygen atoms in total. The van der Waals surface area contributed by atoms with Crippen molar-refractivity contribution in [3.63, 3.8) is 0 Å². The summed E-state index contributed by atoms with van der Waals surface area (Å²) in [5.41, 5.74) is 8.08. The van der Waals surface area contributed by atoms with Crippen LogP contribution in [0.4, 0.5) is 0 Å². The fraction of sp³-hybridized carbons (Fsp3) is 0.727. The van der Waals surface area contributed by atoms with E-state index in [-0.39, 0.29) is 36.0 Å². The van der Waals surface area contributed by atoms with Crippen LogP contribution in [-0.4, -0.2) is 51.4 Å². The zero-order valence-electron chi connectivity index (χ0n) is 14.3. The minimum Gasteiger partial charge on any atom is -0.370 e. The highest BCUT2D eigenvalue weighted by molar-refractivity contribution is 8.68. The number of carbonyl (C=O) groups excluding carboxylic acids is 1. The van der Waals surface area contributed by atoms with Gasteiger partial charge >= 0.3 is 0 Å². The van der Waals surface area contributed by atoms with Gasteiger partial charge in [-0.05, 0) is 18.2 Å². The third kappa shape index (κ3) is 17.8. The summed E-state index contributed by atoms with van der Waals surface area (Å²) in [6.07, 6.45) is 2.08. The lowest BCUT2D eigenvalue weighted by Gasteiger charge is -2.15. The van der Waals surface area contributed by atoms with E-state index < -0.39 is 5.69 Å². The van der Waals surface area contributed by atoms with E-state index in [0.29, 0.717) is 6.54 Å². The van der Waals surface area contributed by atoms with Crippen molar-refractivity contribution in [2.45, 2.75) is 19.8 Å². The van der Waals surface area contributed by atoms with Gasteiger partial charge in [0.15, 0.2) is 11.9 Å². The van der Waals surface area contributed by atoms with Crippen LogP contribution in [0, 0.1) is 5.41 Å². The van der Waals surface area contributed by atoms with Gasteiger partial charge in [-0.15, -0.1) is 12.4 Å². The van der Waals surface area contributed by atoms with Gasteiger partial charge in [0, 0.05) is 27.8 Å². The van der Waals surface area contributed by atoms with Crippen LogP contribution in [0.3, 0.4) is 0 Å². The fourth-order valence-corrected chi connectivity index (χ4v) is 3.64. The molecule has 13 heteroatoms. The third-order valence-corrected chi connectivity index (χ3v) is 7.81. The van der Waals surface area contributed by atoms with Crippen molar-refractivity contribution in [1.82, 2.24) is 10.6 Å². The van der Waals surface area contributed by atoms with Gasteiger partial charge in [-0.25, -0.2) is 0 Å². The summed E-state index contributed by atoms with van der Waals surface area (Å²) in [7, 11) is 4.55. The Bertz CT molecular complexity index is 434. The Hall–Kier alpha value is -0.580. The quantitative estimate of drug-likeness (QED) is 0.168. The first-order chi connectivity index (χ1) is 10.7. The van der Waals surface area contributed by atoms with E-state index in [1.807, 2.05) is 0 Å². The van der Waals surface area contributed by atoms with Crippen LogP contribution < -0.4 is 22.1 Å². The number of aliphatic imine (C=N–C) groups is 1. The molecule has 0 aromatic heterocycles. The Morgan fingerprint density at radius 2 is 1.92 bits per heavy atom. The van der Waals surface area contributed by atoms with Crippen molar-refractivity contribution in [3.8, 4) is 0 Å². The molecule has 0 aliphatic heterocycles. The van der Waals surface area contributed by atoms with Gasteiger partial charge in [-0.2, -0.15) is 0 Å². The Balaban J connectivity index is -0.000000354. The van der Waals surface area contributed by atoms with Gasteiger partial charge in [-0.1, -0.05) is 24.7 Å². The van der Waals surface area contributed by atoms with E-state index in [0.717, 1.165) is 12.8 Å². The molecule has 0 aromatic rings. The number of hydrogen-bond acceptors (Lipinski definition) is 7. The average molecular weight is 423 g/mol. The first kappa shape index (κ1) is 28.2. The van der Waals surface area contributed by atoms with Crippen molar-refractivity contribution in [2.75, 3.05) is 33.6 Å². The maximum atomic E-state index is 10.8. The second kappa shape index (κ2) is 17.2. The van der Waals surface area contributed by atoms with Gasteiger partial charge in [0.1, 0.15) is 0 Å². The van der Waals surface area contributed by atoms with Gasteiger partial charge < -0.3 is 25.8 Å². The second-order valence-electron chi connectivity index (χ2n) is 3.92. The highest BCUT2D eigenvalue weighted by Gasteiger charge is 2.17.